The summed E-state index contributed by atoms with van der Waals surface area (Å²) in [5.74, 6) is 0.868. The number of nitrogens with one attached hydrogen (secondary N) is 2. The maximum absolute atomic E-state index is 14.0. The number of rotatable bonds is 5. The topological polar surface area (TPSA) is 76.2 Å². The summed E-state index contributed by atoms with van der Waals surface area (Å²) in [5, 5.41) is 9.90. The average molecular weight is 381 g/mol. The van der Waals surface area contributed by atoms with Crippen molar-refractivity contribution in [2.75, 3.05) is 12.4 Å². The number of para-hydroxylation sites is 1. The molecule has 0 aliphatic carbocycles. The normalized spacial score (nSPS) is 15.7. The summed E-state index contributed by atoms with van der Waals surface area (Å²) >= 11 is 0. The Labute approximate surface area is 161 Å². The second-order valence-electron chi connectivity index (χ2n) is 6.67. The lowest BCUT2D eigenvalue weighted by Gasteiger charge is -2.25. The molecule has 1 unspecified atom stereocenters. The highest BCUT2D eigenvalue weighted by Crippen LogP contribution is 2.44. The lowest BCUT2D eigenvalue weighted by molar-refractivity contribution is -0.116. The molecule has 2 heterocycles. The second-order valence-corrected chi connectivity index (χ2v) is 6.67. The molecule has 1 aromatic heterocycles. The van der Waals surface area contributed by atoms with Crippen molar-refractivity contribution < 1.29 is 18.7 Å². The molecule has 0 fully saturated rings. The van der Waals surface area contributed by atoms with Crippen LogP contribution in [-0.2, 0) is 11.4 Å². The van der Waals surface area contributed by atoms with Gasteiger partial charge >= 0.3 is 0 Å². The van der Waals surface area contributed by atoms with E-state index >= 15 is 0 Å². The van der Waals surface area contributed by atoms with Gasteiger partial charge in [0.1, 0.15) is 12.4 Å². The van der Waals surface area contributed by atoms with Gasteiger partial charge in [-0.2, -0.15) is 5.10 Å². The molecule has 2 aromatic carbocycles. The molecule has 0 radical (unpaired) electrons. The number of H-pyrrole nitrogens is 1. The van der Waals surface area contributed by atoms with Crippen molar-refractivity contribution in [3.8, 4) is 11.5 Å². The van der Waals surface area contributed by atoms with E-state index in [1.165, 1.54) is 6.07 Å². The number of ether oxygens (including phenoxy) is 2. The maximum Gasteiger partial charge on any atom is 0.226 e. The summed E-state index contributed by atoms with van der Waals surface area (Å²) < 4.78 is 25.5. The summed E-state index contributed by atoms with van der Waals surface area (Å²) in [7, 11) is 1.55. The number of nitrogens with zero attached hydrogens (tertiary/aromatic N) is 1. The Morgan fingerprint density at radius 2 is 2.04 bits per heavy atom. The van der Waals surface area contributed by atoms with E-state index < -0.39 is 0 Å². The first-order valence-electron chi connectivity index (χ1n) is 8.96. The zero-order valence-corrected chi connectivity index (χ0v) is 15.6. The summed E-state index contributed by atoms with van der Waals surface area (Å²) in [6.45, 7) is 1.96. The minimum atomic E-state index is -0.330. The molecule has 0 bridgehead atoms. The molecule has 144 valence electrons. The number of hydrogen-bond donors (Lipinski definition) is 2. The zero-order chi connectivity index (χ0) is 19.7. The Bertz CT molecular complexity index is 1030. The molecule has 0 saturated heterocycles. The largest absolute Gasteiger partial charge is 0.493 e. The minimum absolute atomic E-state index is 0.0518. The van der Waals surface area contributed by atoms with Gasteiger partial charge in [-0.15, -0.1) is 0 Å². The maximum atomic E-state index is 14.0. The van der Waals surface area contributed by atoms with Crippen LogP contribution in [0.2, 0.25) is 0 Å². The van der Waals surface area contributed by atoms with Gasteiger partial charge in [0.05, 0.1) is 7.11 Å². The fraction of sp³-hybridized carbons (Fsp3) is 0.238. The minimum Gasteiger partial charge on any atom is -0.493 e. The lowest BCUT2D eigenvalue weighted by atomic mass is 9.85. The summed E-state index contributed by atoms with van der Waals surface area (Å²) in [6, 6.07) is 12.0. The van der Waals surface area contributed by atoms with Gasteiger partial charge in [-0.1, -0.05) is 30.3 Å². The molecular weight excluding hydrogens is 361 g/mol. The Kier molecular flexibility index (Phi) is 4.73. The number of halogens is 1. The van der Waals surface area contributed by atoms with Crippen LogP contribution in [0.4, 0.5) is 10.2 Å². The molecule has 1 amide bonds. The van der Waals surface area contributed by atoms with Crippen LogP contribution in [0.5, 0.6) is 11.5 Å². The number of hydrogen-bond acceptors (Lipinski definition) is 4. The highest BCUT2D eigenvalue weighted by Gasteiger charge is 2.33. The number of aromatic amines is 1. The smallest absolute Gasteiger partial charge is 0.226 e. The van der Waals surface area contributed by atoms with Crippen molar-refractivity contribution >= 4 is 11.7 Å². The van der Waals surface area contributed by atoms with Gasteiger partial charge in [-0.05, 0) is 19.1 Å². The van der Waals surface area contributed by atoms with Crippen molar-refractivity contribution in [2.45, 2.75) is 25.9 Å². The van der Waals surface area contributed by atoms with Crippen LogP contribution in [0.15, 0.2) is 42.5 Å². The van der Waals surface area contributed by atoms with Crippen LogP contribution < -0.4 is 14.8 Å². The molecule has 1 atom stereocenters. The molecule has 28 heavy (non-hydrogen) atoms. The molecule has 1 aliphatic heterocycles. The molecule has 1 aliphatic rings. The monoisotopic (exact) mass is 381 g/mol. The van der Waals surface area contributed by atoms with Crippen LogP contribution >= 0.6 is 0 Å². The van der Waals surface area contributed by atoms with Crippen LogP contribution in [0, 0.1) is 12.7 Å². The quantitative estimate of drug-likeness (QED) is 0.702. The number of carbonyl (C=O) groups excluding carboxylic acids is 1. The summed E-state index contributed by atoms with van der Waals surface area (Å²) in [6.07, 6.45) is 0.261. The number of aromatic nitrogens is 2. The number of anilines is 1. The predicted molar refractivity (Wildman–Crippen MR) is 102 cm³/mol. The van der Waals surface area contributed by atoms with E-state index in [0.29, 0.717) is 22.9 Å². The standard InChI is InChI=1S/C21H20FN3O3/c1-12-19-15(10-18(26)23-21(19)25-24-12)14-7-5-9-17(27-2)20(14)28-11-13-6-3-4-8-16(13)22/h3-9,15H,10-11H2,1-2H3,(H2,23,24,25,26). The fourth-order valence-electron chi connectivity index (χ4n) is 3.58. The van der Waals surface area contributed by atoms with Crippen LogP contribution in [0.1, 0.15) is 34.7 Å². The van der Waals surface area contributed by atoms with Gasteiger partial charge < -0.3 is 14.8 Å². The molecule has 6 nitrogen and oxygen atoms in total. The number of carbonyl (C=O) groups is 1. The first-order chi connectivity index (χ1) is 13.6. The first kappa shape index (κ1) is 18.0. The lowest BCUT2D eigenvalue weighted by Crippen LogP contribution is -2.24. The van der Waals surface area contributed by atoms with E-state index in [1.807, 2.05) is 19.1 Å². The number of amides is 1. The van der Waals surface area contributed by atoms with E-state index in [-0.39, 0.29) is 30.7 Å². The van der Waals surface area contributed by atoms with Crippen molar-refractivity contribution in [1.82, 2.24) is 10.2 Å². The second kappa shape index (κ2) is 7.34. The number of methoxy groups -OCH3 is 1. The molecule has 2 N–H and O–H groups in total. The number of benzene rings is 2. The van der Waals surface area contributed by atoms with Crippen molar-refractivity contribution in [3.05, 3.63) is 70.7 Å². The van der Waals surface area contributed by atoms with Crippen LogP contribution in [0.3, 0.4) is 0 Å². The third-order valence-corrected chi connectivity index (χ3v) is 4.92. The molecule has 0 saturated carbocycles. The van der Waals surface area contributed by atoms with Crippen molar-refractivity contribution in [2.24, 2.45) is 0 Å². The summed E-state index contributed by atoms with van der Waals surface area (Å²) in [5.41, 5.74) is 3.05. The van der Waals surface area contributed by atoms with E-state index in [9.17, 15) is 9.18 Å². The summed E-state index contributed by atoms with van der Waals surface area (Å²) in [4.78, 5) is 12.2. The first-order valence-corrected chi connectivity index (χ1v) is 8.96. The highest BCUT2D eigenvalue weighted by molar-refractivity contribution is 5.94. The Morgan fingerprint density at radius 3 is 2.82 bits per heavy atom. The molecular formula is C21H20FN3O3. The number of aryl methyl sites for hydroxylation is 1. The molecule has 0 spiro atoms. The molecule has 4 rings (SSSR count). The number of fused-ring (bicyclic) bond motifs is 1. The molecule has 3 aromatic rings. The highest BCUT2D eigenvalue weighted by atomic mass is 19.1. The van der Waals surface area contributed by atoms with Gasteiger partial charge in [0.2, 0.25) is 5.91 Å². The van der Waals surface area contributed by atoms with E-state index in [0.717, 1.165) is 16.8 Å². The van der Waals surface area contributed by atoms with Gasteiger partial charge in [-0.25, -0.2) is 4.39 Å². The third kappa shape index (κ3) is 3.19. The third-order valence-electron chi connectivity index (χ3n) is 4.92. The van der Waals surface area contributed by atoms with E-state index in [2.05, 4.69) is 15.5 Å². The van der Waals surface area contributed by atoms with Gasteiger partial charge in [0.25, 0.3) is 0 Å². The Balaban J connectivity index is 1.75. The average Bonchev–Trinajstić information content (AvgIpc) is 3.07. The Hall–Kier alpha value is -3.35. The van der Waals surface area contributed by atoms with Gasteiger partial charge in [0.15, 0.2) is 17.3 Å². The SMILES string of the molecule is COc1cccc(C2CC(=O)Nc3n[nH]c(C)c32)c1OCc1ccccc1F. The van der Waals surface area contributed by atoms with Gasteiger partial charge in [-0.3, -0.25) is 9.89 Å². The van der Waals surface area contributed by atoms with E-state index in [4.69, 9.17) is 9.47 Å². The van der Waals surface area contributed by atoms with E-state index in [1.54, 1.807) is 31.4 Å². The fourth-order valence-corrected chi connectivity index (χ4v) is 3.58. The molecule has 7 heteroatoms. The predicted octanol–water partition coefficient (Wildman–Crippen LogP) is 3.92. The van der Waals surface area contributed by atoms with Crippen LogP contribution in [-0.4, -0.2) is 23.2 Å². The zero-order valence-electron chi connectivity index (χ0n) is 15.6. The van der Waals surface area contributed by atoms with Crippen molar-refractivity contribution in [1.29, 1.82) is 0 Å². The Morgan fingerprint density at radius 1 is 1.21 bits per heavy atom. The van der Waals surface area contributed by atoms with Crippen molar-refractivity contribution in [3.63, 3.8) is 0 Å². The van der Waals surface area contributed by atoms with Gasteiger partial charge in [0, 0.05) is 34.7 Å². The van der Waals surface area contributed by atoms with Crippen LogP contribution in [0.25, 0.3) is 0 Å².